The topological polar surface area (TPSA) is 69.8 Å². The number of thioether (sulfide) groups is 1. The van der Waals surface area contributed by atoms with Gasteiger partial charge in [0.15, 0.2) is 0 Å². The molecule has 2 aromatic heterocycles. The molecule has 5 heteroatoms. The minimum absolute atomic E-state index is 0.00268. The number of benzene rings is 1. The molecule has 0 saturated carbocycles. The lowest BCUT2D eigenvalue weighted by Gasteiger charge is -2.07. The third kappa shape index (κ3) is 2.81. The van der Waals surface area contributed by atoms with Gasteiger partial charge in [0.2, 0.25) is 5.88 Å². The van der Waals surface area contributed by atoms with E-state index >= 15 is 0 Å². The van der Waals surface area contributed by atoms with E-state index in [1.54, 1.807) is 12.3 Å². The van der Waals surface area contributed by atoms with E-state index < -0.39 is 0 Å². The molecule has 0 bridgehead atoms. The fraction of sp³-hybridized carbons (Fsp3) is 0.0625. The average molecular weight is 293 g/mol. The van der Waals surface area contributed by atoms with Crippen LogP contribution in [-0.4, -0.2) is 15.1 Å². The van der Waals surface area contributed by atoms with E-state index in [1.165, 1.54) is 11.8 Å². The van der Waals surface area contributed by atoms with E-state index in [4.69, 9.17) is 5.26 Å². The Bertz CT molecular complexity index is 842. The molecule has 0 radical (unpaired) electrons. The van der Waals surface area contributed by atoms with Crippen molar-refractivity contribution in [2.45, 2.75) is 10.8 Å². The van der Waals surface area contributed by atoms with Crippen LogP contribution in [0.15, 0.2) is 53.7 Å². The summed E-state index contributed by atoms with van der Waals surface area (Å²) in [6, 6.07) is 15.2. The van der Waals surface area contributed by atoms with Gasteiger partial charge in [0.05, 0.1) is 0 Å². The van der Waals surface area contributed by atoms with Crippen LogP contribution in [0.3, 0.4) is 0 Å². The van der Waals surface area contributed by atoms with Crippen LogP contribution in [0.2, 0.25) is 0 Å². The van der Waals surface area contributed by atoms with Crippen molar-refractivity contribution in [3.63, 3.8) is 0 Å². The van der Waals surface area contributed by atoms with Crippen LogP contribution >= 0.6 is 11.8 Å². The molecule has 4 nitrogen and oxygen atoms in total. The van der Waals surface area contributed by atoms with Crippen molar-refractivity contribution >= 4 is 22.5 Å². The first-order valence-electron chi connectivity index (χ1n) is 6.33. The summed E-state index contributed by atoms with van der Waals surface area (Å²) < 4.78 is 0. The van der Waals surface area contributed by atoms with Crippen LogP contribution in [0.1, 0.15) is 11.3 Å². The van der Waals surface area contributed by atoms with Crippen LogP contribution in [0.5, 0.6) is 5.88 Å². The summed E-state index contributed by atoms with van der Waals surface area (Å²) in [5, 5.41) is 21.5. The monoisotopic (exact) mass is 293 g/mol. The Hall–Kier alpha value is -2.58. The van der Waals surface area contributed by atoms with Gasteiger partial charge in [-0.25, -0.2) is 9.97 Å². The summed E-state index contributed by atoms with van der Waals surface area (Å²) >= 11 is 1.48. The number of aromatic nitrogens is 2. The molecule has 0 aliphatic rings. The number of hydrogen-bond acceptors (Lipinski definition) is 5. The fourth-order valence-corrected chi connectivity index (χ4v) is 3.09. The molecular formula is C16H11N3OS. The van der Waals surface area contributed by atoms with E-state index in [2.05, 4.69) is 16.0 Å². The predicted octanol–water partition coefficient (Wildman–Crippen LogP) is 3.50. The highest BCUT2D eigenvalue weighted by molar-refractivity contribution is 7.98. The third-order valence-corrected chi connectivity index (χ3v) is 4.09. The second kappa shape index (κ2) is 5.81. The van der Waals surface area contributed by atoms with Gasteiger partial charge in [0, 0.05) is 23.4 Å². The molecule has 0 aliphatic heterocycles. The Kier molecular flexibility index (Phi) is 3.71. The molecule has 3 aromatic rings. The molecule has 1 aromatic carbocycles. The van der Waals surface area contributed by atoms with Gasteiger partial charge in [-0.15, -0.1) is 11.8 Å². The fourth-order valence-electron chi connectivity index (χ4n) is 2.07. The number of pyridine rings is 2. The molecule has 0 spiro atoms. The number of fused-ring (bicyclic) bond motifs is 1. The molecule has 2 heterocycles. The lowest BCUT2D eigenvalue weighted by molar-refractivity contribution is 0.450. The molecule has 102 valence electrons. The highest BCUT2D eigenvalue weighted by atomic mass is 32.2. The largest absolute Gasteiger partial charge is 0.493 e. The average Bonchev–Trinajstić information content (AvgIpc) is 2.52. The lowest BCUT2D eigenvalue weighted by atomic mass is 10.2. The number of hydrogen-bond donors (Lipinski definition) is 1. The number of rotatable bonds is 3. The molecular weight excluding hydrogens is 282 g/mol. The minimum atomic E-state index is 0.00268. The van der Waals surface area contributed by atoms with E-state index in [0.29, 0.717) is 11.4 Å². The van der Waals surface area contributed by atoms with Crippen molar-refractivity contribution in [1.29, 1.82) is 5.26 Å². The van der Waals surface area contributed by atoms with E-state index in [9.17, 15) is 5.11 Å². The smallest absolute Gasteiger partial charge is 0.212 e. The predicted molar refractivity (Wildman–Crippen MR) is 81.9 cm³/mol. The highest BCUT2D eigenvalue weighted by Gasteiger charge is 2.08. The van der Waals surface area contributed by atoms with Crippen LogP contribution in [0.25, 0.3) is 10.8 Å². The Morgan fingerprint density at radius 3 is 2.90 bits per heavy atom. The summed E-state index contributed by atoms with van der Waals surface area (Å²) in [7, 11) is 0. The van der Waals surface area contributed by atoms with Crippen molar-refractivity contribution in [2.24, 2.45) is 0 Å². The van der Waals surface area contributed by atoms with Gasteiger partial charge in [-0.05, 0) is 17.0 Å². The standard InChI is InChI=1S/C16H11N3OS/c17-9-14-12(5-3-7-18-14)10-21-16-13-6-2-1-4-11(13)8-15(20)19-16/h1-8H,10H2,(H,19,20). The van der Waals surface area contributed by atoms with Crippen LogP contribution in [0, 0.1) is 11.3 Å². The summed E-state index contributed by atoms with van der Waals surface area (Å²) in [4.78, 5) is 8.23. The minimum Gasteiger partial charge on any atom is -0.493 e. The zero-order valence-electron chi connectivity index (χ0n) is 11.0. The molecule has 0 saturated heterocycles. The van der Waals surface area contributed by atoms with Gasteiger partial charge in [-0.1, -0.05) is 30.3 Å². The van der Waals surface area contributed by atoms with E-state index in [1.807, 2.05) is 36.4 Å². The molecule has 0 aliphatic carbocycles. The van der Waals surface area contributed by atoms with Crippen molar-refractivity contribution < 1.29 is 5.11 Å². The zero-order valence-corrected chi connectivity index (χ0v) is 11.8. The zero-order chi connectivity index (χ0) is 14.7. The van der Waals surface area contributed by atoms with E-state index in [0.717, 1.165) is 21.4 Å². The summed E-state index contributed by atoms with van der Waals surface area (Å²) in [6.45, 7) is 0. The Morgan fingerprint density at radius 2 is 2.05 bits per heavy atom. The van der Waals surface area contributed by atoms with Gasteiger partial charge in [-0.3, -0.25) is 0 Å². The highest BCUT2D eigenvalue weighted by Crippen LogP contribution is 2.31. The van der Waals surface area contributed by atoms with Gasteiger partial charge in [0.25, 0.3) is 0 Å². The summed E-state index contributed by atoms with van der Waals surface area (Å²) in [5.74, 6) is 0.583. The van der Waals surface area contributed by atoms with Crippen molar-refractivity contribution in [3.8, 4) is 11.9 Å². The first-order valence-corrected chi connectivity index (χ1v) is 7.32. The number of nitrogens with zero attached hydrogens (tertiary/aromatic N) is 3. The summed E-state index contributed by atoms with van der Waals surface area (Å²) in [5.41, 5.74) is 1.29. The van der Waals surface area contributed by atoms with Crippen molar-refractivity contribution in [3.05, 3.63) is 59.9 Å². The van der Waals surface area contributed by atoms with Crippen LogP contribution < -0.4 is 0 Å². The van der Waals surface area contributed by atoms with Gasteiger partial charge in [-0.2, -0.15) is 5.26 Å². The molecule has 0 unspecified atom stereocenters. The van der Waals surface area contributed by atoms with Crippen LogP contribution in [0.4, 0.5) is 0 Å². The molecule has 0 amide bonds. The number of aromatic hydroxyl groups is 1. The van der Waals surface area contributed by atoms with Crippen LogP contribution in [-0.2, 0) is 5.75 Å². The quantitative estimate of drug-likeness (QED) is 0.748. The lowest BCUT2D eigenvalue weighted by Crippen LogP contribution is -1.92. The van der Waals surface area contributed by atoms with Crippen molar-refractivity contribution in [2.75, 3.05) is 0 Å². The Labute approximate surface area is 126 Å². The van der Waals surface area contributed by atoms with Gasteiger partial charge in [0.1, 0.15) is 16.8 Å². The van der Waals surface area contributed by atoms with Crippen molar-refractivity contribution in [1.82, 2.24) is 9.97 Å². The molecule has 3 rings (SSSR count). The van der Waals surface area contributed by atoms with Gasteiger partial charge >= 0.3 is 0 Å². The van der Waals surface area contributed by atoms with E-state index in [-0.39, 0.29) is 5.88 Å². The molecule has 0 atom stereocenters. The third-order valence-electron chi connectivity index (χ3n) is 3.05. The Balaban J connectivity index is 1.94. The first kappa shape index (κ1) is 13.4. The summed E-state index contributed by atoms with van der Waals surface area (Å²) in [6.07, 6.45) is 1.61. The maximum absolute atomic E-state index is 9.72. The first-order chi connectivity index (χ1) is 10.3. The maximum atomic E-state index is 9.72. The SMILES string of the molecule is N#Cc1ncccc1CSc1nc(O)cc2ccccc12. The second-order valence-corrected chi connectivity index (χ2v) is 5.38. The molecule has 0 fully saturated rings. The van der Waals surface area contributed by atoms with Gasteiger partial charge < -0.3 is 5.11 Å². The molecule has 1 N–H and O–H groups in total. The number of nitriles is 1. The Morgan fingerprint density at radius 1 is 1.19 bits per heavy atom. The molecule has 21 heavy (non-hydrogen) atoms. The normalized spacial score (nSPS) is 10.4. The maximum Gasteiger partial charge on any atom is 0.212 e. The second-order valence-electron chi connectivity index (χ2n) is 4.42.